The number of rotatable bonds is 5. The average Bonchev–Trinajstić information content (AvgIpc) is 2.76. The quantitative estimate of drug-likeness (QED) is 0.847. The lowest BCUT2D eigenvalue weighted by molar-refractivity contribution is 0.851. The van der Waals surface area contributed by atoms with E-state index < -0.39 is 0 Å². The molecule has 3 nitrogen and oxygen atoms in total. The summed E-state index contributed by atoms with van der Waals surface area (Å²) in [6.07, 6.45) is 3.23. The lowest BCUT2D eigenvalue weighted by Crippen LogP contribution is -2.09. The minimum absolute atomic E-state index is 0.306. The smallest absolute Gasteiger partial charge is 0.225 e. The third kappa shape index (κ3) is 3.24. The lowest BCUT2D eigenvalue weighted by atomic mass is 10.3. The van der Waals surface area contributed by atoms with Crippen LogP contribution < -0.4 is 5.32 Å². The minimum Gasteiger partial charge on any atom is -0.369 e. The molecule has 0 spiro atoms. The molecule has 0 aromatic carbocycles. The topological polar surface area (TPSA) is 37.8 Å². The van der Waals surface area contributed by atoms with Crippen molar-refractivity contribution in [1.29, 1.82) is 0 Å². The van der Waals surface area contributed by atoms with E-state index in [0.717, 1.165) is 29.0 Å². The van der Waals surface area contributed by atoms with Crippen LogP contribution in [0.1, 0.15) is 13.3 Å². The molecular formula is C11H14ClN3S2. The maximum absolute atomic E-state index is 5.89. The van der Waals surface area contributed by atoms with Gasteiger partial charge in [-0.3, -0.25) is 0 Å². The van der Waals surface area contributed by atoms with Crippen LogP contribution in [0, 0.1) is 0 Å². The summed E-state index contributed by atoms with van der Waals surface area (Å²) in [5.41, 5.74) is 0. The predicted octanol–water partition coefficient (Wildman–Crippen LogP) is 3.90. The minimum atomic E-state index is 0.306. The molecule has 1 N–H and O–H groups in total. The van der Waals surface area contributed by atoms with Crippen molar-refractivity contribution in [3.8, 4) is 0 Å². The van der Waals surface area contributed by atoms with Crippen molar-refractivity contribution in [3.05, 3.63) is 16.7 Å². The van der Waals surface area contributed by atoms with Gasteiger partial charge in [0.2, 0.25) is 5.28 Å². The van der Waals surface area contributed by atoms with Crippen molar-refractivity contribution in [2.45, 2.75) is 18.6 Å². The number of hydrogen-bond donors (Lipinski definition) is 1. The van der Waals surface area contributed by atoms with Crippen molar-refractivity contribution in [2.24, 2.45) is 0 Å². The number of anilines is 1. The number of nitrogens with zero attached hydrogens (tertiary/aromatic N) is 2. The molecule has 0 saturated heterocycles. The molecule has 2 aromatic heterocycles. The fraction of sp³-hybridized carbons (Fsp3) is 0.455. The third-order valence-electron chi connectivity index (χ3n) is 2.54. The molecule has 0 radical (unpaired) electrons. The molecule has 0 aliphatic carbocycles. The predicted molar refractivity (Wildman–Crippen MR) is 78.5 cm³/mol. The van der Waals surface area contributed by atoms with Crippen LogP contribution in [-0.4, -0.2) is 28.0 Å². The van der Waals surface area contributed by atoms with Crippen LogP contribution in [-0.2, 0) is 0 Å². The zero-order valence-corrected chi connectivity index (χ0v) is 12.1. The first-order chi connectivity index (χ1) is 8.20. The van der Waals surface area contributed by atoms with Crippen LogP contribution in [0.4, 0.5) is 5.82 Å². The Labute approximate surface area is 114 Å². The lowest BCUT2D eigenvalue weighted by Gasteiger charge is -2.10. The van der Waals surface area contributed by atoms with Crippen molar-refractivity contribution in [1.82, 2.24) is 9.97 Å². The molecule has 6 heteroatoms. The van der Waals surface area contributed by atoms with Gasteiger partial charge in [-0.2, -0.15) is 11.8 Å². The SMILES string of the molecule is CSC(C)CCNc1nc(Cl)nc2sccc12. The number of aromatic nitrogens is 2. The third-order valence-corrected chi connectivity index (χ3v) is 4.56. The van der Waals surface area contributed by atoms with E-state index in [2.05, 4.69) is 28.5 Å². The molecule has 0 aliphatic rings. The largest absolute Gasteiger partial charge is 0.369 e. The first-order valence-electron chi connectivity index (χ1n) is 5.38. The summed E-state index contributed by atoms with van der Waals surface area (Å²) >= 11 is 9.34. The van der Waals surface area contributed by atoms with Crippen LogP contribution in [0.25, 0.3) is 10.2 Å². The molecule has 0 aliphatic heterocycles. The van der Waals surface area contributed by atoms with Gasteiger partial charge in [0.1, 0.15) is 10.6 Å². The summed E-state index contributed by atoms with van der Waals surface area (Å²) in [4.78, 5) is 9.36. The van der Waals surface area contributed by atoms with Crippen LogP contribution in [0.15, 0.2) is 11.4 Å². The van der Waals surface area contributed by atoms with E-state index in [-0.39, 0.29) is 0 Å². The summed E-state index contributed by atoms with van der Waals surface area (Å²) in [5.74, 6) is 0.842. The van der Waals surface area contributed by atoms with E-state index in [1.165, 1.54) is 0 Å². The van der Waals surface area contributed by atoms with Gasteiger partial charge in [-0.1, -0.05) is 6.92 Å². The first kappa shape index (κ1) is 12.9. The Bertz CT molecular complexity index is 500. The van der Waals surface area contributed by atoms with Crippen molar-refractivity contribution in [2.75, 3.05) is 18.1 Å². The Morgan fingerprint density at radius 3 is 3.12 bits per heavy atom. The highest BCUT2D eigenvalue weighted by Gasteiger charge is 2.07. The Balaban J connectivity index is 2.09. The molecule has 2 aromatic rings. The van der Waals surface area contributed by atoms with Gasteiger partial charge in [-0.15, -0.1) is 11.3 Å². The molecule has 2 heterocycles. The molecule has 0 bridgehead atoms. The van der Waals surface area contributed by atoms with Gasteiger partial charge in [0.15, 0.2) is 0 Å². The van der Waals surface area contributed by atoms with E-state index in [0.29, 0.717) is 10.5 Å². The molecule has 0 saturated carbocycles. The number of halogens is 1. The van der Waals surface area contributed by atoms with Gasteiger partial charge in [0, 0.05) is 11.8 Å². The summed E-state index contributed by atoms with van der Waals surface area (Å²) in [6.45, 7) is 3.12. The normalized spacial score (nSPS) is 12.9. The van der Waals surface area contributed by atoms with Crippen LogP contribution in [0.3, 0.4) is 0 Å². The summed E-state index contributed by atoms with van der Waals surface area (Å²) < 4.78 is 0. The first-order valence-corrected chi connectivity index (χ1v) is 7.92. The van der Waals surface area contributed by atoms with Crippen LogP contribution in [0.2, 0.25) is 5.28 Å². The fourth-order valence-electron chi connectivity index (χ4n) is 1.48. The van der Waals surface area contributed by atoms with E-state index >= 15 is 0 Å². The number of thiophene rings is 1. The van der Waals surface area contributed by atoms with E-state index in [1.54, 1.807) is 11.3 Å². The highest BCUT2D eigenvalue weighted by molar-refractivity contribution is 7.99. The Morgan fingerprint density at radius 2 is 2.35 bits per heavy atom. The molecular weight excluding hydrogens is 274 g/mol. The molecule has 1 unspecified atom stereocenters. The van der Waals surface area contributed by atoms with Gasteiger partial charge in [0.25, 0.3) is 0 Å². The van der Waals surface area contributed by atoms with E-state index in [9.17, 15) is 0 Å². The summed E-state index contributed by atoms with van der Waals surface area (Å²) in [6, 6.07) is 2.02. The van der Waals surface area contributed by atoms with Gasteiger partial charge in [0.05, 0.1) is 5.39 Å². The monoisotopic (exact) mass is 287 g/mol. The number of hydrogen-bond acceptors (Lipinski definition) is 5. The van der Waals surface area contributed by atoms with Crippen molar-refractivity contribution in [3.63, 3.8) is 0 Å². The molecule has 92 valence electrons. The highest BCUT2D eigenvalue weighted by Crippen LogP contribution is 2.26. The molecule has 17 heavy (non-hydrogen) atoms. The van der Waals surface area contributed by atoms with Gasteiger partial charge >= 0.3 is 0 Å². The van der Waals surface area contributed by atoms with Gasteiger partial charge < -0.3 is 5.32 Å². The Morgan fingerprint density at radius 1 is 1.53 bits per heavy atom. The van der Waals surface area contributed by atoms with Crippen molar-refractivity contribution >= 4 is 50.7 Å². The maximum Gasteiger partial charge on any atom is 0.225 e. The standard InChI is InChI=1S/C11H14ClN3S2/c1-7(16-2)3-5-13-9-8-4-6-17-10(8)15-11(12)14-9/h4,6-7H,3,5H2,1-2H3,(H,13,14,15). The average molecular weight is 288 g/mol. The molecule has 2 rings (SSSR count). The molecule has 1 atom stereocenters. The number of thioether (sulfide) groups is 1. The van der Waals surface area contributed by atoms with Crippen LogP contribution in [0.5, 0.6) is 0 Å². The van der Waals surface area contributed by atoms with Crippen LogP contribution >= 0.6 is 34.7 Å². The second-order valence-corrected chi connectivity index (χ2v) is 6.25. The Hall–Kier alpha value is -0.520. The van der Waals surface area contributed by atoms with E-state index in [1.807, 2.05) is 23.2 Å². The van der Waals surface area contributed by atoms with Gasteiger partial charge in [-0.25, -0.2) is 9.97 Å². The van der Waals surface area contributed by atoms with E-state index in [4.69, 9.17) is 11.6 Å². The highest BCUT2D eigenvalue weighted by atomic mass is 35.5. The molecule has 0 fully saturated rings. The summed E-state index contributed by atoms with van der Waals surface area (Å²) in [7, 11) is 0. The van der Waals surface area contributed by atoms with Gasteiger partial charge in [-0.05, 0) is 35.7 Å². The fourth-order valence-corrected chi connectivity index (χ4v) is 2.81. The molecule has 0 amide bonds. The number of nitrogens with one attached hydrogen (secondary N) is 1. The Kier molecular flexibility index (Phi) is 4.48. The zero-order chi connectivity index (χ0) is 12.3. The zero-order valence-electron chi connectivity index (χ0n) is 9.74. The maximum atomic E-state index is 5.89. The van der Waals surface area contributed by atoms with Crippen molar-refractivity contribution < 1.29 is 0 Å². The second kappa shape index (κ2) is 5.89. The second-order valence-electron chi connectivity index (χ2n) is 3.74. The number of fused-ring (bicyclic) bond motifs is 1. The summed E-state index contributed by atoms with van der Waals surface area (Å²) in [5, 5.41) is 7.35.